The molecule has 7 nitrogen and oxygen atoms in total. The molecule has 0 aliphatic carbocycles. The lowest BCUT2D eigenvalue weighted by Crippen LogP contribution is -2.57. The van der Waals surface area contributed by atoms with Crippen LogP contribution < -0.4 is 5.32 Å². The lowest BCUT2D eigenvalue weighted by atomic mass is 9.73. The minimum Gasteiger partial charge on any atom is -0.507 e. The summed E-state index contributed by atoms with van der Waals surface area (Å²) in [5.74, 6) is 0.782. The third-order valence-corrected chi connectivity index (χ3v) is 5.60. The Balaban J connectivity index is 1.55. The molecule has 1 aliphatic heterocycles. The first-order valence-corrected chi connectivity index (χ1v) is 10.1. The monoisotopic (exact) mass is 404 g/mol. The molecule has 0 radical (unpaired) electrons. The number of benzene rings is 1. The average molecular weight is 405 g/mol. The number of hydrogen-bond donors (Lipinski definition) is 2. The SMILES string of the molecule is C=C(c1cnc(-c2ccc(-n3ccnc3)cc2O)nn1)C1CC(C)(C)NC(C)(C)C1. The zero-order valence-electron chi connectivity index (χ0n) is 17.9. The van der Waals surface area contributed by atoms with Crippen molar-refractivity contribution in [3.8, 4) is 22.8 Å². The molecule has 1 aromatic carbocycles. The molecule has 0 unspecified atom stereocenters. The van der Waals surface area contributed by atoms with Crippen LogP contribution in [0, 0.1) is 5.92 Å². The second kappa shape index (κ2) is 7.32. The van der Waals surface area contributed by atoms with Gasteiger partial charge >= 0.3 is 0 Å². The standard InChI is InChI=1S/C23H28N6O/c1-15(16-11-22(2,3)28-23(4,5)12-16)19-13-25-21(27-26-19)18-7-6-17(10-20(18)30)29-9-8-24-14-29/h6-10,13-14,16,28,30H,1,11-12H2,2-5H3. The van der Waals surface area contributed by atoms with E-state index < -0.39 is 0 Å². The number of piperidine rings is 1. The topological polar surface area (TPSA) is 88.8 Å². The average Bonchev–Trinajstić information content (AvgIpc) is 3.20. The van der Waals surface area contributed by atoms with E-state index in [-0.39, 0.29) is 16.8 Å². The summed E-state index contributed by atoms with van der Waals surface area (Å²) in [6.45, 7) is 13.2. The molecule has 2 aromatic heterocycles. The molecule has 0 amide bonds. The molecular weight excluding hydrogens is 376 g/mol. The maximum absolute atomic E-state index is 10.5. The number of nitrogens with one attached hydrogen (secondary N) is 1. The Morgan fingerprint density at radius 3 is 2.47 bits per heavy atom. The van der Waals surface area contributed by atoms with E-state index in [0.29, 0.717) is 23.0 Å². The molecule has 30 heavy (non-hydrogen) atoms. The fraction of sp³-hybridized carbons (Fsp3) is 0.391. The lowest BCUT2D eigenvalue weighted by molar-refractivity contribution is 0.154. The van der Waals surface area contributed by atoms with Crippen LogP contribution in [0.15, 0.2) is 49.7 Å². The largest absolute Gasteiger partial charge is 0.507 e. The van der Waals surface area contributed by atoms with Gasteiger partial charge in [-0.2, -0.15) is 0 Å². The first-order chi connectivity index (χ1) is 14.1. The van der Waals surface area contributed by atoms with Crippen molar-refractivity contribution in [1.82, 2.24) is 30.0 Å². The van der Waals surface area contributed by atoms with Gasteiger partial charge < -0.3 is 15.0 Å². The number of allylic oxidation sites excluding steroid dienone is 1. The van der Waals surface area contributed by atoms with E-state index in [1.165, 1.54) is 0 Å². The van der Waals surface area contributed by atoms with Gasteiger partial charge in [0, 0.05) is 29.5 Å². The summed E-state index contributed by atoms with van der Waals surface area (Å²) in [7, 11) is 0. The van der Waals surface area contributed by atoms with E-state index in [1.54, 1.807) is 30.9 Å². The third kappa shape index (κ3) is 4.11. The highest BCUT2D eigenvalue weighted by Gasteiger charge is 2.39. The van der Waals surface area contributed by atoms with Crippen molar-refractivity contribution in [3.05, 3.63) is 55.4 Å². The van der Waals surface area contributed by atoms with Gasteiger partial charge in [0.05, 0.1) is 23.8 Å². The molecule has 3 heterocycles. The second-order valence-corrected chi connectivity index (χ2v) is 9.36. The van der Waals surface area contributed by atoms with Crippen LogP contribution in [0.5, 0.6) is 5.75 Å². The zero-order chi connectivity index (χ0) is 21.5. The van der Waals surface area contributed by atoms with Crippen molar-refractivity contribution >= 4 is 5.57 Å². The number of phenolic OH excluding ortho intramolecular Hbond substituents is 1. The Bertz CT molecular complexity index is 1040. The van der Waals surface area contributed by atoms with Gasteiger partial charge in [-0.1, -0.05) is 6.58 Å². The molecule has 7 heteroatoms. The van der Waals surface area contributed by atoms with Crippen LogP contribution in [0.2, 0.25) is 0 Å². The van der Waals surface area contributed by atoms with E-state index in [0.717, 1.165) is 24.1 Å². The summed E-state index contributed by atoms with van der Waals surface area (Å²) in [6.07, 6.45) is 8.85. The van der Waals surface area contributed by atoms with Gasteiger partial charge in [0.1, 0.15) is 11.4 Å². The van der Waals surface area contributed by atoms with Gasteiger partial charge in [-0.3, -0.25) is 0 Å². The molecule has 0 bridgehead atoms. The summed E-state index contributed by atoms with van der Waals surface area (Å²) in [6, 6.07) is 5.33. The first-order valence-electron chi connectivity index (χ1n) is 10.1. The van der Waals surface area contributed by atoms with Crippen molar-refractivity contribution in [2.75, 3.05) is 0 Å². The fourth-order valence-electron chi connectivity index (χ4n) is 4.61. The minimum atomic E-state index is 0.0267. The van der Waals surface area contributed by atoms with E-state index in [1.807, 2.05) is 16.8 Å². The van der Waals surface area contributed by atoms with Crippen molar-refractivity contribution in [3.63, 3.8) is 0 Å². The molecule has 2 N–H and O–H groups in total. The molecule has 1 saturated heterocycles. The summed E-state index contributed by atoms with van der Waals surface area (Å²) < 4.78 is 1.82. The van der Waals surface area contributed by atoms with Gasteiger partial charge in [-0.15, -0.1) is 10.2 Å². The van der Waals surface area contributed by atoms with Gasteiger partial charge in [0.25, 0.3) is 0 Å². The second-order valence-electron chi connectivity index (χ2n) is 9.36. The van der Waals surface area contributed by atoms with Crippen LogP contribution >= 0.6 is 0 Å². The quantitative estimate of drug-likeness (QED) is 0.683. The van der Waals surface area contributed by atoms with Crippen molar-refractivity contribution in [2.24, 2.45) is 5.92 Å². The molecule has 3 aromatic rings. The van der Waals surface area contributed by atoms with Crippen LogP contribution in [0.4, 0.5) is 0 Å². The van der Waals surface area contributed by atoms with E-state index in [4.69, 9.17) is 0 Å². The molecule has 1 fully saturated rings. The van der Waals surface area contributed by atoms with Gasteiger partial charge in [0.15, 0.2) is 5.82 Å². The van der Waals surface area contributed by atoms with E-state index >= 15 is 0 Å². The Kier molecular flexibility index (Phi) is 4.94. The molecule has 0 saturated carbocycles. The predicted molar refractivity (Wildman–Crippen MR) is 117 cm³/mol. The minimum absolute atomic E-state index is 0.0267. The number of nitrogens with zero attached hydrogens (tertiary/aromatic N) is 5. The number of phenols is 1. The van der Waals surface area contributed by atoms with Crippen LogP contribution in [-0.2, 0) is 0 Å². The summed E-state index contributed by atoms with van der Waals surface area (Å²) in [5.41, 5.74) is 3.06. The molecule has 0 spiro atoms. The number of aromatic hydroxyl groups is 1. The van der Waals surface area contributed by atoms with Crippen molar-refractivity contribution in [2.45, 2.75) is 51.6 Å². The maximum atomic E-state index is 10.5. The fourth-order valence-corrected chi connectivity index (χ4v) is 4.61. The summed E-state index contributed by atoms with van der Waals surface area (Å²) >= 11 is 0. The van der Waals surface area contributed by atoms with Crippen LogP contribution in [-0.4, -0.2) is 40.9 Å². The summed E-state index contributed by atoms with van der Waals surface area (Å²) in [5, 5.41) is 22.8. The van der Waals surface area contributed by atoms with Crippen LogP contribution in [0.25, 0.3) is 22.6 Å². The van der Waals surface area contributed by atoms with Gasteiger partial charge in [-0.05, 0) is 64.2 Å². The number of imidazole rings is 1. The number of rotatable bonds is 4. The van der Waals surface area contributed by atoms with Crippen molar-refractivity contribution < 1.29 is 5.11 Å². The third-order valence-electron chi connectivity index (χ3n) is 5.60. The Labute approximate surface area is 176 Å². The Morgan fingerprint density at radius 1 is 1.17 bits per heavy atom. The maximum Gasteiger partial charge on any atom is 0.185 e. The molecule has 4 rings (SSSR count). The lowest BCUT2D eigenvalue weighted by Gasteiger charge is -2.47. The Morgan fingerprint density at radius 2 is 1.90 bits per heavy atom. The number of aromatic nitrogens is 5. The highest BCUT2D eigenvalue weighted by molar-refractivity contribution is 5.67. The predicted octanol–water partition coefficient (Wildman–Crippen LogP) is 4.00. The van der Waals surface area contributed by atoms with Gasteiger partial charge in [0.2, 0.25) is 0 Å². The zero-order valence-corrected chi connectivity index (χ0v) is 17.9. The summed E-state index contributed by atoms with van der Waals surface area (Å²) in [4.78, 5) is 8.49. The highest BCUT2D eigenvalue weighted by atomic mass is 16.3. The van der Waals surface area contributed by atoms with E-state index in [9.17, 15) is 5.11 Å². The molecular formula is C23H28N6O. The van der Waals surface area contributed by atoms with Crippen LogP contribution in [0.1, 0.15) is 46.2 Å². The molecule has 156 valence electrons. The van der Waals surface area contributed by atoms with Crippen molar-refractivity contribution in [1.29, 1.82) is 0 Å². The number of hydrogen-bond acceptors (Lipinski definition) is 6. The van der Waals surface area contributed by atoms with Gasteiger partial charge in [-0.25, -0.2) is 9.97 Å². The smallest absolute Gasteiger partial charge is 0.185 e. The molecule has 0 atom stereocenters. The van der Waals surface area contributed by atoms with E-state index in [2.05, 4.69) is 59.8 Å². The van der Waals surface area contributed by atoms with Crippen LogP contribution in [0.3, 0.4) is 0 Å². The normalized spacial score (nSPS) is 18.3. The first kappa shape index (κ1) is 20.2. The molecule has 1 aliphatic rings. The highest BCUT2D eigenvalue weighted by Crippen LogP contribution is 2.39. The Hall–Kier alpha value is -3.06.